The molecule has 0 bridgehead atoms. The molecule has 20 heavy (non-hydrogen) atoms. The SMILES string of the molecule is CCCNC(Cc1c(Br)c(CC)nn1CC)C(C)CC. The Bertz CT molecular complexity index is 401. The summed E-state index contributed by atoms with van der Waals surface area (Å²) in [5.41, 5.74) is 2.53. The molecule has 0 saturated carbocycles. The summed E-state index contributed by atoms with van der Waals surface area (Å²) in [6.07, 6.45) is 4.43. The third-order valence-electron chi connectivity index (χ3n) is 4.09. The van der Waals surface area contributed by atoms with Crippen molar-refractivity contribution in [2.75, 3.05) is 6.54 Å². The number of hydrogen-bond acceptors (Lipinski definition) is 2. The van der Waals surface area contributed by atoms with Crippen LogP contribution in [-0.2, 0) is 19.4 Å². The van der Waals surface area contributed by atoms with Crippen LogP contribution in [0.1, 0.15) is 58.8 Å². The number of nitrogens with zero attached hydrogens (tertiary/aromatic N) is 2. The predicted molar refractivity (Wildman–Crippen MR) is 90.2 cm³/mol. The van der Waals surface area contributed by atoms with Crippen LogP contribution in [0.3, 0.4) is 0 Å². The second-order valence-corrected chi connectivity index (χ2v) is 6.32. The molecular weight excluding hydrogens is 314 g/mol. The first kappa shape index (κ1) is 17.7. The van der Waals surface area contributed by atoms with Gasteiger partial charge in [0, 0.05) is 19.0 Å². The van der Waals surface area contributed by atoms with Crippen LogP contribution in [0.15, 0.2) is 4.47 Å². The third kappa shape index (κ3) is 4.32. The third-order valence-corrected chi connectivity index (χ3v) is 5.01. The number of aryl methyl sites for hydroxylation is 2. The maximum absolute atomic E-state index is 4.71. The van der Waals surface area contributed by atoms with Crippen molar-refractivity contribution in [1.82, 2.24) is 15.1 Å². The Morgan fingerprint density at radius 1 is 1.25 bits per heavy atom. The van der Waals surface area contributed by atoms with Crippen LogP contribution < -0.4 is 5.32 Å². The molecule has 116 valence electrons. The lowest BCUT2D eigenvalue weighted by atomic mass is 9.94. The van der Waals surface area contributed by atoms with Gasteiger partial charge in [-0.15, -0.1) is 0 Å². The van der Waals surface area contributed by atoms with Crippen molar-refractivity contribution in [3.8, 4) is 0 Å². The summed E-state index contributed by atoms with van der Waals surface area (Å²) in [4.78, 5) is 0. The standard InChI is InChI=1S/C16H30BrN3/c1-6-10-18-14(12(5)7-2)11-15-16(17)13(8-3)19-20(15)9-4/h12,14,18H,6-11H2,1-5H3. The summed E-state index contributed by atoms with van der Waals surface area (Å²) >= 11 is 3.76. The molecule has 2 atom stereocenters. The summed E-state index contributed by atoms with van der Waals surface area (Å²) in [5, 5.41) is 8.42. The zero-order valence-electron chi connectivity index (χ0n) is 13.7. The van der Waals surface area contributed by atoms with E-state index in [4.69, 9.17) is 5.10 Å². The van der Waals surface area contributed by atoms with Crippen molar-refractivity contribution in [3.05, 3.63) is 15.9 Å². The fourth-order valence-corrected chi connectivity index (χ4v) is 3.24. The fourth-order valence-electron chi connectivity index (χ4n) is 2.51. The first-order valence-corrected chi connectivity index (χ1v) is 8.85. The van der Waals surface area contributed by atoms with Crippen molar-refractivity contribution < 1.29 is 0 Å². The van der Waals surface area contributed by atoms with Gasteiger partial charge >= 0.3 is 0 Å². The van der Waals surface area contributed by atoms with E-state index in [1.165, 1.54) is 28.7 Å². The van der Waals surface area contributed by atoms with Gasteiger partial charge in [0.05, 0.1) is 15.9 Å². The summed E-state index contributed by atoms with van der Waals surface area (Å²) in [6.45, 7) is 13.2. The van der Waals surface area contributed by atoms with Crippen LogP contribution in [0.5, 0.6) is 0 Å². The Morgan fingerprint density at radius 2 is 1.95 bits per heavy atom. The van der Waals surface area contributed by atoms with Crippen LogP contribution in [0, 0.1) is 5.92 Å². The summed E-state index contributed by atoms with van der Waals surface area (Å²) in [5.74, 6) is 0.679. The molecule has 0 aliphatic heterocycles. The Kier molecular flexibility index (Phi) is 7.82. The largest absolute Gasteiger partial charge is 0.313 e. The Balaban J connectivity index is 2.94. The number of aromatic nitrogens is 2. The van der Waals surface area contributed by atoms with Crippen molar-refractivity contribution >= 4 is 15.9 Å². The summed E-state index contributed by atoms with van der Waals surface area (Å²) in [7, 11) is 0. The van der Waals surface area contributed by atoms with Gasteiger partial charge in [0.25, 0.3) is 0 Å². The lowest BCUT2D eigenvalue weighted by molar-refractivity contribution is 0.357. The van der Waals surface area contributed by atoms with Crippen LogP contribution in [-0.4, -0.2) is 22.4 Å². The highest BCUT2D eigenvalue weighted by molar-refractivity contribution is 9.10. The molecule has 1 aromatic heterocycles. The number of halogens is 1. The van der Waals surface area contributed by atoms with E-state index in [0.717, 1.165) is 25.9 Å². The predicted octanol–water partition coefficient (Wildman–Crippen LogP) is 4.18. The van der Waals surface area contributed by atoms with Crippen LogP contribution in [0.4, 0.5) is 0 Å². The average Bonchev–Trinajstić information content (AvgIpc) is 2.78. The second-order valence-electron chi connectivity index (χ2n) is 5.53. The minimum Gasteiger partial charge on any atom is -0.313 e. The molecule has 1 N–H and O–H groups in total. The minimum absolute atomic E-state index is 0.531. The van der Waals surface area contributed by atoms with E-state index in [1.54, 1.807) is 0 Å². The van der Waals surface area contributed by atoms with Gasteiger partial charge < -0.3 is 5.32 Å². The molecular formula is C16H30BrN3. The molecule has 1 heterocycles. The van der Waals surface area contributed by atoms with Gasteiger partial charge in [0.2, 0.25) is 0 Å². The van der Waals surface area contributed by atoms with E-state index < -0.39 is 0 Å². The molecule has 4 heteroatoms. The summed E-state index contributed by atoms with van der Waals surface area (Å²) < 4.78 is 3.37. The molecule has 0 radical (unpaired) electrons. The molecule has 0 spiro atoms. The molecule has 0 saturated heterocycles. The Morgan fingerprint density at radius 3 is 2.45 bits per heavy atom. The second kappa shape index (κ2) is 8.83. The molecule has 2 unspecified atom stereocenters. The molecule has 0 aliphatic rings. The monoisotopic (exact) mass is 343 g/mol. The van der Waals surface area contributed by atoms with Gasteiger partial charge in [-0.2, -0.15) is 5.10 Å². The summed E-state index contributed by atoms with van der Waals surface area (Å²) in [6, 6.07) is 0.531. The van der Waals surface area contributed by atoms with Gasteiger partial charge in [-0.05, 0) is 48.2 Å². The normalized spacial score (nSPS) is 14.5. The van der Waals surface area contributed by atoms with E-state index in [0.29, 0.717) is 12.0 Å². The minimum atomic E-state index is 0.531. The van der Waals surface area contributed by atoms with Gasteiger partial charge in [-0.3, -0.25) is 4.68 Å². The van der Waals surface area contributed by atoms with E-state index >= 15 is 0 Å². The molecule has 0 aromatic carbocycles. The first-order valence-electron chi connectivity index (χ1n) is 8.06. The lowest BCUT2D eigenvalue weighted by Crippen LogP contribution is -2.37. The molecule has 0 fully saturated rings. The smallest absolute Gasteiger partial charge is 0.0766 e. The lowest BCUT2D eigenvalue weighted by Gasteiger charge is -2.25. The van der Waals surface area contributed by atoms with E-state index in [9.17, 15) is 0 Å². The van der Waals surface area contributed by atoms with Crippen LogP contribution in [0.2, 0.25) is 0 Å². The average molecular weight is 344 g/mol. The highest BCUT2D eigenvalue weighted by Crippen LogP contribution is 2.25. The van der Waals surface area contributed by atoms with E-state index in [2.05, 4.69) is 60.5 Å². The Hall–Kier alpha value is -0.350. The van der Waals surface area contributed by atoms with E-state index in [1.807, 2.05) is 0 Å². The number of nitrogens with one attached hydrogen (secondary N) is 1. The Labute approximate surface area is 132 Å². The molecule has 0 amide bonds. The zero-order valence-corrected chi connectivity index (χ0v) is 15.3. The van der Waals surface area contributed by atoms with Gasteiger partial charge in [-0.25, -0.2) is 0 Å². The maximum Gasteiger partial charge on any atom is 0.0766 e. The zero-order chi connectivity index (χ0) is 15.1. The van der Waals surface area contributed by atoms with Crippen LogP contribution in [0.25, 0.3) is 0 Å². The topological polar surface area (TPSA) is 29.9 Å². The first-order chi connectivity index (χ1) is 9.58. The molecule has 1 aromatic rings. The van der Waals surface area contributed by atoms with E-state index in [-0.39, 0.29) is 0 Å². The van der Waals surface area contributed by atoms with Crippen molar-refractivity contribution in [3.63, 3.8) is 0 Å². The fraction of sp³-hybridized carbons (Fsp3) is 0.812. The van der Waals surface area contributed by atoms with Crippen molar-refractivity contribution in [2.24, 2.45) is 5.92 Å². The van der Waals surface area contributed by atoms with Crippen molar-refractivity contribution in [1.29, 1.82) is 0 Å². The molecule has 1 rings (SSSR count). The van der Waals surface area contributed by atoms with Gasteiger partial charge in [-0.1, -0.05) is 34.1 Å². The highest BCUT2D eigenvalue weighted by Gasteiger charge is 2.21. The highest BCUT2D eigenvalue weighted by atomic mass is 79.9. The maximum atomic E-state index is 4.71. The molecule has 3 nitrogen and oxygen atoms in total. The van der Waals surface area contributed by atoms with Gasteiger partial charge in [0.1, 0.15) is 0 Å². The number of hydrogen-bond donors (Lipinski definition) is 1. The van der Waals surface area contributed by atoms with Crippen LogP contribution >= 0.6 is 15.9 Å². The number of rotatable bonds is 9. The quantitative estimate of drug-likeness (QED) is 0.728. The van der Waals surface area contributed by atoms with Crippen molar-refractivity contribution in [2.45, 2.75) is 72.9 Å². The van der Waals surface area contributed by atoms with Gasteiger partial charge in [0.15, 0.2) is 0 Å². The molecule has 0 aliphatic carbocycles.